The molecule has 2 aromatic heterocycles. The van der Waals surface area contributed by atoms with Crippen LogP contribution in [0, 0.1) is 0 Å². The average molecular weight is 395 g/mol. The molecule has 0 aliphatic heterocycles. The number of primary amides is 1. The van der Waals surface area contributed by atoms with Crippen LogP contribution in [0.25, 0.3) is 0 Å². The van der Waals surface area contributed by atoms with Crippen molar-refractivity contribution in [3.8, 4) is 0 Å². The Hall–Kier alpha value is -3.00. The van der Waals surface area contributed by atoms with Crippen molar-refractivity contribution in [1.29, 1.82) is 0 Å². The largest absolute Gasteiger partial charge is 0.390 e. The number of carbonyl (C=O) groups excluding carboxylic acids is 2. The number of aryl methyl sites for hydroxylation is 2. The summed E-state index contributed by atoms with van der Waals surface area (Å²) in [6.45, 7) is 0. The van der Waals surface area contributed by atoms with E-state index in [1.54, 1.807) is 4.68 Å². The van der Waals surface area contributed by atoms with Crippen LogP contribution in [0.4, 0.5) is 5.00 Å². The predicted octanol–water partition coefficient (Wildman–Crippen LogP) is 2.26. The molecule has 0 saturated heterocycles. The molecule has 7 nitrogen and oxygen atoms in total. The van der Waals surface area contributed by atoms with Gasteiger partial charge >= 0.3 is 0 Å². The number of nitrogens with zero attached hydrogens (tertiary/aromatic N) is 3. The molecule has 1 aliphatic rings. The van der Waals surface area contributed by atoms with Gasteiger partial charge in [0, 0.05) is 13.2 Å². The highest BCUT2D eigenvalue weighted by atomic mass is 32.1. The zero-order valence-corrected chi connectivity index (χ0v) is 16.3. The molecule has 4 N–H and O–H groups in total. The molecule has 0 bridgehead atoms. The number of nitrogen functional groups attached to an aromatic ring is 1. The van der Waals surface area contributed by atoms with Crippen LogP contribution in [-0.4, -0.2) is 26.7 Å². The third-order valence-corrected chi connectivity index (χ3v) is 6.57. The van der Waals surface area contributed by atoms with E-state index in [0.29, 0.717) is 46.7 Å². The van der Waals surface area contributed by atoms with Gasteiger partial charge in [-0.3, -0.25) is 14.3 Å². The van der Waals surface area contributed by atoms with Crippen LogP contribution in [0.2, 0.25) is 0 Å². The number of anilines is 1. The molecule has 1 amide bonds. The molecule has 1 aliphatic carbocycles. The first kappa shape index (κ1) is 18.4. The molecule has 0 spiro atoms. The molecular weight excluding hydrogens is 374 g/mol. The first-order chi connectivity index (χ1) is 13.4. The van der Waals surface area contributed by atoms with Crippen molar-refractivity contribution in [3.05, 3.63) is 63.8 Å². The highest BCUT2D eigenvalue weighted by molar-refractivity contribution is 7.18. The fourth-order valence-electron chi connectivity index (χ4n) is 4.11. The molecule has 1 atom stereocenters. The molecule has 1 unspecified atom stereocenters. The van der Waals surface area contributed by atoms with E-state index in [4.69, 9.17) is 11.5 Å². The minimum absolute atomic E-state index is 0.00744. The van der Waals surface area contributed by atoms with Gasteiger partial charge in [-0.2, -0.15) is 0 Å². The van der Waals surface area contributed by atoms with E-state index in [2.05, 4.69) is 10.3 Å². The second-order valence-electron chi connectivity index (χ2n) is 7.17. The summed E-state index contributed by atoms with van der Waals surface area (Å²) in [6.07, 6.45) is 4.29. The predicted molar refractivity (Wildman–Crippen MR) is 107 cm³/mol. The molecule has 2 heterocycles. The van der Waals surface area contributed by atoms with Crippen LogP contribution in [0.5, 0.6) is 0 Å². The summed E-state index contributed by atoms with van der Waals surface area (Å²) < 4.78 is 1.66. The van der Waals surface area contributed by atoms with Gasteiger partial charge in [0.25, 0.3) is 5.91 Å². The van der Waals surface area contributed by atoms with Crippen molar-refractivity contribution in [2.45, 2.75) is 31.1 Å². The topological polar surface area (TPSA) is 117 Å². The van der Waals surface area contributed by atoms with Gasteiger partial charge in [-0.05, 0) is 36.8 Å². The maximum Gasteiger partial charge on any atom is 0.251 e. The van der Waals surface area contributed by atoms with Gasteiger partial charge < -0.3 is 11.5 Å². The molecule has 3 aromatic rings. The number of carbonyl (C=O) groups is 2. The minimum atomic E-state index is -0.683. The number of aromatic nitrogens is 3. The van der Waals surface area contributed by atoms with Crippen LogP contribution in [0.1, 0.15) is 49.7 Å². The number of thiophene rings is 1. The lowest BCUT2D eigenvalue weighted by Crippen LogP contribution is -2.40. The zero-order valence-electron chi connectivity index (χ0n) is 15.5. The summed E-state index contributed by atoms with van der Waals surface area (Å²) in [6, 6.07) is 9.81. The van der Waals surface area contributed by atoms with E-state index in [1.807, 2.05) is 43.6 Å². The number of Topliss-reactive ketones (excluding diaryl/α,β-unsaturated/α-hetero) is 1. The quantitative estimate of drug-likeness (QED) is 0.687. The number of rotatable bonds is 5. The SMILES string of the molecule is Cn1cc(CCC2(c3ccccc3)CCc3c(sc(N)c3C(N)=O)C2=O)nn1. The Morgan fingerprint density at radius 2 is 2.07 bits per heavy atom. The van der Waals surface area contributed by atoms with Crippen LogP contribution in [-0.2, 0) is 25.3 Å². The van der Waals surface area contributed by atoms with Crippen molar-refractivity contribution in [2.24, 2.45) is 12.8 Å². The summed E-state index contributed by atoms with van der Waals surface area (Å²) in [5.74, 6) is -0.567. The fourth-order valence-corrected chi connectivity index (χ4v) is 5.27. The lowest BCUT2D eigenvalue weighted by molar-refractivity contribution is 0.0854. The van der Waals surface area contributed by atoms with Gasteiger partial charge in [-0.15, -0.1) is 16.4 Å². The summed E-state index contributed by atoms with van der Waals surface area (Å²) in [4.78, 5) is 26.1. The summed E-state index contributed by atoms with van der Waals surface area (Å²) in [5.41, 5.74) is 13.7. The first-order valence-corrected chi connectivity index (χ1v) is 9.90. The normalized spacial score (nSPS) is 18.8. The van der Waals surface area contributed by atoms with Crippen molar-refractivity contribution in [3.63, 3.8) is 0 Å². The first-order valence-electron chi connectivity index (χ1n) is 9.09. The van der Waals surface area contributed by atoms with E-state index < -0.39 is 11.3 Å². The smallest absolute Gasteiger partial charge is 0.251 e. The Bertz CT molecular complexity index is 1060. The Kier molecular flexibility index (Phi) is 4.50. The third-order valence-electron chi connectivity index (χ3n) is 5.51. The average Bonchev–Trinajstić information content (AvgIpc) is 3.25. The highest BCUT2D eigenvalue weighted by Crippen LogP contribution is 2.46. The van der Waals surface area contributed by atoms with E-state index in [9.17, 15) is 9.59 Å². The Morgan fingerprint density at radius 3 is 2.71 bits per heavy atom. The molecule has 0 fully saturated rings. The van der Waals surface area contributed by atoms with E-state index in [1.165, 1.54) is 11.3 Å². The Morgan fingerprint density at radius 1 is 1.32 bits per heavy atom. The van der Waals surface area contributed by atoms with Crippen molar-refractivity contribution in [2.75, 3.05) is 5.73 Å². The minimum Gasteiger partial charge on any atom is -0.390 e. The highest BCUT2D eigenvalue weighted by Gasteiger charge is 2.46. The number of benzene rings is 1. The van der Waals surface area contributed by atoms with E-state index in [-0.39, 0.29) is 5.78 Å². The van der Waals surface area contributed by atoms with Gasteiger partial charge in [0.1, 0.15) is 0 Å². The summed E-state index contributed by atoms with van der Waals surface area (Å²) >= 11 is 1.17. The molecule has 4 rings (SSSR count). The molecule has 0 saturated carbocycles. The maximum absolute atomic E-state index is 13.7. The Balaban J connectivity index is 1.77. The number of amides is 1. The maximum atomic E-state index is 13.7. The monoisotopic (exact) mass is 395 g/mol. The molecule has 1 aromatic carbocycles. The number of nitrogens with two attached hydrogens (primary N) is 2. The van der Waals surface area contributed by atoms with E-state index in [0.717, 1.165) is 11.3 Å². The Labute approximate surface area is 166 Å². The van der Waals surface area contributed by atoms with Crippen LogP contribution >= 0.6 is 11.3 Å². The van der Waals surface area contributed by atoms with E-state index >= 15 is 0 Å². The van der Waals surface area contributed by atoms with Gasteiger partial charge in [0.05, 0.1) is 26.6 Å². The van der Waals surface area contributed by atoms with Crippen molar-refractivity contribution >= 4 is 28.0 Å². The molecular formula is C20H21N5O2S. The lowest BCUT2D eigenvalue weighted by atomic mass is 9.65. The van der Waals surface area contributed by atoms with Crippen LogP contribution < -0.4 is 11.5 Å². The third kappa shape index (κ3) is 2.90. The van der Waals surface area contributed by atoms with Crippen LogP contribution in [0.3, 0.4) is 0 Å². The number of fused-ring (bicyclic) bond motifs is 1. The van der Waals surface area contributed by atoms with Gasteiger partial charge in [-0.1, -0.05) is 35.5 Å². The molecule has 0 radical (unpaired) electrons. The standard InChI is InChI=1S/C20H21N5O2S/c1-25-11-13(23-24-25)7-9-20(12-5-3-2-4-6-12)10-8-14-15(18(21)27)19(22)28-16(14)17(20)26/h2-6,11H,7-10,22H2,1H3,(H2,21,27). The zero-order chi connectivity index (χ0) is 19.9. The molecule has 28 heavy (non-hydrogen) atoms. The van der Waals surface area contributed by atoms with Gasteiger partial charge in [0.15, 0.2) is 5.78 Å². The second kappa shape index (κ2) is 6.87. The number of ketones is 1. The molecule has 8 heteroatoms. The van der Waals surface area contributed by atoms with Crippen molar-refractivity contribution < 1.29 is 9.59 Å². The number of hydrogen-bond acceptors (Lipinski definition) is 6. The van der Waals surface area contributed by atoms with Gasteiger partial charge in [-0.25, -0.2) is 0 Å². The second-order valence-corrected chi connectivity index (χ2v) is 8.23. The van der Waals surface area contributed by atoms with Crippen LogP contribution in [0.15, 0.2) is 36.5 Å². The summed E-state index contributed by atoms with van der Waals surface area (Å²) in [7, 11) is 1.82. The molecule has 144 valence electrons. The fraction of sp³-hybridized carbons (Fsp3) is 0.300. The van der Waals surface area contributed by atoms with Gasteiger partial charge in [0.2, 0.25) is 0 Å². The lowest BCUT2D eigenvalue weighted by Gasteiger charge is -2.36. The van der Waals surface area contributed by atoms with Crippen molar-refractivity contribution in [1.82, 2.24) is 15.0 Å². The number of hydrogen-bond donors (Lipinski definition) is 2. The summed E-state index contributed by atoms with van der Waals surface area (Å²) in [5, 5.41) is 8.46.